The van der Waals surface area contributed by atoms with Crippen LogP contribution in [0.4, 0.5) is 0 Å². The predicted molar refractivity (Wildman–Crippen MR) is 104 cm³/mol. The molecule has 2 atom stereocenters. The number of hydrogen-bond donors (Lipinski definition) is 2. The number of aliphatic imine (C=N–C) groups is 1. The minimum Gasteiger partial charge on any atom is -0.356 e. The van der Waals surface area contributed by atoms with Gasteiger partial charge in [0, 0.05) is 38.8 Å². The Bertz CT molecular complexity index is 387. The molecule has 2 unspecified atom stereocenters. The zero-order valence-corrected chi connectivity index (χ0v) is 16.5. The van der Waals surface area contributed by atoms with Crippen molar-refractivity contribution >= 4 is 5.96 Å². The number of likely N-dealkylation sites (tertiary alicyclic amines) is 2. The van der Waals surface area contributed by atoms with Gasteiger partial charge >= 0.3 is 0 Å². The van der Waals surface area contributed by atoms with Crippen LogP contribution in [0.15, 0.2) is 4.99 Å². The minimum absolute atomic E-state index is 0.506. The van der Waals surface area contributed by atoms with E-state index in [-0.39, 0.29) is 0 Å². The second kappa shape index (κ2) is 9.62. The summed E-state index contributed by atoms with van der Waals surface area (Å²) in [5.41, 5.74) is 0. The second-order valence-electron chi connectivity index (χ2n) is 7.94. The van der Waals surface area contributed by atoms with Crippen LogP contribution < -0.4 is 10.6 Å². The maximum atomic E-state index is 4.43. The van der Waals surface area contributed by atoms with Crippen molar-refractivity contribution in [1.29, 1.82) is 0 Å². The Morgan fingerprint density at radius 3 is 2.46 bits per heavy atom. The van der Waals surface area contributed by atoms with Crippen molar-refractivity contribution in [2.45, 2.75) is 59.0 Å². The molecule has 0 spiro atoms. The van der Waals surface area contributed by atoms with Crippen LogP contribution in [-0.4, -0.2) is 74.2 Å². The maximum Gasteiger partial charge on any atom is 0.191 e. The standard InChI is InChI=1S/C19H39N5/c1-6-23-11-8-17(9-12-23)7-10-21-19(20-5)22-18-14-24(15(2)3)13-16(18)4/h15-18H,6-14H2,1-5H3,(H2,20,21,22). The van der Waals surface area contributed by atoms with Gasteiger partial charge in [-0.25, -0.2) is 0 Å². The maximum absolute atomic E-state index is 4.43. The van der Waals surface area contributed by atoms with Crippen LogP contribution in [-0.2, 0) is 0 Å². The van der Waals surface area contributed by atoms with E-state index < -0.39 is 0 Å². The third-order valence-electron chi connectivity index (χ3n) is 5.92. The summed E-state index contributed by atoms with van der Waals surface area (Å²) in [5, 5.41) is 7.18. The van der Waals surface area contributed by atoms with Crippen molar-refractivity contribution in [1.82, 2.24) is 20.4 Å². The average Bonchev–Trinajstić information content (AvgIpc) is 2.95. The van der Waals surface area contributed by atoms with E-state index in [0.29, 0.717) is 18.0 Å². The summed E-state index contributed by atoms with van der Waals surface area (Å²) in [6.07, 6.45) is 3.96. The molecule has 0 bridgehead atoms. The summed E-state index contributed by atoms with van der Waals surface area (Å²) < 4.78 is 0. The van der Waals surface area contributed by atoms with E-state index in [9.17, 15) is 0 Å². The molecule has 2 fully saturated rings. The van der Waals surface area contributed by atoms with Gasteiger partial charge in [-0.15, -0.1) is 0 Å². The third-order valence-corrected chi connectivity index (χ3v) is 5.92. The van der Waals surface area contributed by atoms with E-state index in [0.717, 1.165) is 25.0 Å². The molecule has 0 aromatic carbocycles. The van der Waals surface area contributed by atoms with Gasteiger partial charge in [0.05, 0.1) is 0 Å². The summed E-state index contributed by atoms with van der Waals surface area (Å²) >= 11 is 0. The Morgan fingerprint density at radius 1 is 1.21 bits per heavy atom. The normalized spacial score (nSPS) is 27.8. The Kier molecular flexibility index (Phi) is 7.82. The van der Waals surface area contributed by atoms with Gasteiger partial charge in [-0.1, -0.05) is 13.8 Å². The first-order valence-corrected chi connectivity index (χ1v) is 9.97. The van der Waals surface area contributed by atoms with Gasteiger partial charge in [0.2, 0.25) is 0 Å². The molecule has 0 radical (unpaired) electrons. The van der Waals surface area contributed by atoms with Crippen molar-refractivity contribution < 1.29 is 0 Å². The SMILES string of the molecule is CCN1CCC(CCNC(=NC)NC2CN(C(C)C)CC2C)CC1. The highest BCUT2D eigenvalue weighted by Crippen LogP contribution is 2.20. The highest BCUT2D eigenvalue weighted by molar-refractivity contribution is 5.80. The molecule has 0 aliphatic carbocycles. The van der Waals surface area contributed by atoms with Crippen LogP contribution in [0, 0.1) is 11.8 Å². The van der Waals surface area contributed by atoms with Gasteiger partial charge in [-0.2, -0.15) is 0 Å². The molecule has 5 heteroatoms. The lowest BCUT2D eigenvalue weighted by atomic mass is 9.93. The zero-order chi connectivity index (χ0) is 17.5. The monoisotopic (exact) mass is 337 g/mol. The van der Waals surface area contributed by atoms with Crippen LogP contribution in [0.25, 0.3) is 0 Å². The molecule has 0 aromatic heterocycles. The van der Waals surface area contributed by atoms with Gasteiger partial charge < -0.3 is 15.5 Å². The van der Waals surface area contributed by atoms with Crippen molar-refractivity contribution in [3.8, 4) is 0 Å². The molecule has 0 saturated carbocycles. The lowest BCUT2D eigenvalue weighted by Crippen LogP contribution is -2.47. The number of guanidine groups is 1. The summed E-state index contributed by atoms with van der Waals surface area (Å²) in [5.74, 6) is 2.52. The van der Waals surface area contributed by atoms with E-state index in [1.807, 2.05) is 7.05 Å². The summed E-state index contributed by atoms with van der Waals surface area (Å²) in [4.78, 5) is 9.55. The number of nitrogens with zero attached hydrogens (tertiary/aromatic N) is 3. The average molecular weight is 338 g/mol. The highest BCUT2D eigenvalue weighted by Gasteiger charge is 2.31. The van der Waals surface area contributed by atoms with Gasteiger partial charge in [-0.3, -0.25) is 9.89 Å². The first kappa shape index (κ1) is 19.5. The Morgan fingerprint density at radius 2 is 1.92 bits per heavy atom. The van der Waals surface area contributed by atoms with Crippen molar-refractivity contribution in [3.05, 3.63) is 0 Å². The summed E-state index contributed by atoms with van der Waals surface area (Å²) in [6.45, 7) is 16.3. The molecule has 0 amide bonds. The summed E-state index contributed by atoms with van der Waals surface area (Å²) in [7, 11) is 1.88. The first-order valence-electron chi connectivity index (χ1n) is 9.97. The van der Waals surface area contributed by atoms with Crippen LogP contribution in [0.5, 0.6) is 0 Å². The smallest absolute Gasteiger partial charge is 0.191 e. The van der Waals surface area contributed by atoms with Crippen molar-refractivity contribution in [3.63, 3.8) is 0 Å². The van der Waals surface area contributed by atoms with E-state index >= 15 is 0 Å². The van der Waals surface area contributed by atoms with Crippen LogP contribution >= 0.6 is 0 Å². The molecule has 0 aromatic rings. The van der Waals surface area contributed by atoms with Crippen molar-refractivity contribution in [2.75, 3.05) is 46.3 Å². The lowest BCUT2D eigenvalue weighted by molar-refractivity contribution is 0.187. The molecule has 2 aliphatic heterocycles. The second-order valence-corrected chi connectivity index (χ2v) is 7.94. The largest absolute Gasteiger partial charge is 0.356 e. The number of piperidine rings is 1. The zero-order valence-electron chi connectivity index (χ0n) is 16.5. The van der Waals surface area contributed by atoms with Gasteiger partial charge in [0.25, 0.3) is 0 Å². The molecule has 140 valence electrons. The molecule has 2 saturated heterocycles. The van der Waals surface area contributed by atoms with E-state index in [1.54, 1.807) is 0 Å². The molecule has 2 rings (SSSR count). The highest BCUT2D eigenvalue weighted by atomic mass is 15.3. The van der Waals surface area contributed by atoms with E-state index in [1.165, 1.54) is 45.4 Å². The van der Waals surface area contributed by atoms with Gasteiger partial charge in [-0.05, 0) is 64.6 Å². The van der Waals surface area contributed by atoms with E-state index in [4.69, 9.17) is 0 Å². The number of rotatable bonds is 6. The fourth-order valence-electron chi connectivity index (χ4n) is 3.97. The Balaban J connectivity index is 1.68. The number of hydrogen-bond acceptors (Lipinski definition) is 3. The van der Waals surface area contributed by atoms with Crippen LogP contribution in [0.1, 0.15) is 47.0 Å². The van der Waals surface area contributed by atoms with Crippen LogP contribution in [0.3, 0.4) is 0 Å². The minimum atomic E-state index is 0.506. The fourth-order valence-corrected chi connectivity index (χ4v) is 3.97. The third kappa shape index (κ3) is 5.62. The van der Waals surface area contributed by atoms with Crippen LogP contribution in [0.2, 0.25) is 0 Å². The quantitative estimate of drug-likeness (QED) is 0.575. The number of nitrogens with one attached hydrogen (secondary N) is 2. The first-order chi connectivity index (χ1) is 11.5. The molecule has 2 aliphatic rings. The topological polar surface area (TPSA) is 42.9 Å². The molecule has 2 heterocycles. The fraction of sp³-hybridized carbons (Fsp3) is 0.947. The molecular formula is C19H39N5. The Hall–Kier alpha value is -0.810. The van der Waals surface area contributed by atoms with Crippen molar-refractivity contribution in [2.24, 2.45) is 16.8 Å². The predicted octanol–water partition coefficient (Wildman–Crippen LogP) is 2.00. The molecule has 5 nitrogen and oxygen atoms in total. The molecule has 2 N–H and O–H groups in total. The van der Waals surface area contributed by atoms with Gasteiger partial charge in [0.1, 0.15) is 0 Å². The molecule has 24 heavy (non-hydrogen) atoms. The Labute approximate surface area is 149 Å². The molecular weight excluding hydrogens is 298 g/mol. The van der Waals surface area contributed by atoms with E-state index in [2.05, 4.69) is 53.1 Å². The lowest BCUT2D eigenvalue weighted by Gasteiger charge is -2.31. The summed E-state index contributed by atoms with van der Waals surface area (Å²) in [6, 6.07) is 1.13. The van der Waals surface area contributed by atoms with Gasteiger partial charge in [0.15, 0.2) is 5.96 Å².